The third-order valence-corrected chi connectivity index (χ3v) is 9.73. The number of ether oxygens (including phenoxy) is 2. The van der Waals surface area contributed by atoms with Crippen molar-refractivity contribution in [2.75, 3.05) is 38.7 Å². The number of rotatable bonds is 8. The summed E-state index contributed by atoms with van der Waals surface area (Å²) in [6.07, 6.45) is 1.55. The Hall–Kier alpha value is -3.19. The fourth-order valence-corrected chi connectivity index (χ4v) is 6.32. The van der Waals surface area contributed by atoms with E-state index in [4.69, 9.17) is 9.47 Å². The van der Waals surface area contributed by atoms with Gasteiger partial charge in [-0.2, -0.15) is 4.31 Å². The third kappa shape index (κ3) is 10.2. The van der Waals surface area contributed by atoms with E-state index < -0.39 is 28.2 Å². The Bertz CT molecular complexity index is 1380. The molecular formula is C33H50N4O7S. The van der Waals surface area contributed by atoms with Gasteiger partial charge in [0.1, 0.15) is 5.75 Å². The summed E-state index contributed by atoms with van der Waals surface area (Å²) in [5.74, 6) is -0.295. The Kier molecular flexibility index (Phi) is 13.2. The van der Waals surface area contributed by atoms with Crippen molar-refractivity contribution in [2.45, 2.75) is 90.0 Å². The summed E-state index contributed by atoms with van der Waals surface area (Å²) in [4.78, 5) is 28.4. The molecule has 3 rings (SSSR count). The number of benzene rings is 2. The van der Waals surface area contributed by atoms with Crippen molar-refractivity contribution in [3.63, 3.8) is 0 Å². The van der Waals surface area contributed by atoms with Gasteiger partial charge in [-0.3, -0.25) is 4.79 Å². The van der Waals surface area contributed by atoms with E-state index in [1.807, 2.05) is 34.6 Å². The minimum absolute atomic E-state index is 0.0726. The lowest BCUT2D eigenvalue weighted by Crippen LogP contribution is -2.48. The molecule has 4 atom stereocenters. The maximum Gasteiger partial charge on any atom is 0.319 e. The minimum atomic E-state index is -3.78. The first-order valence-corrected chi connectivity index (χ1v) is 17.1. The zero-order valence-corrected chi connectivity index (χ0v) is 28.4. The van der Waals surface area contributed by atoms with Gasteiger partial charge in [-0.15, -0.1) is 0 Å². The van der Waals surface area contributed by atoms with Gasteiger partial charge in [0.2, 0.25) is 10.0 Å². The van der Waals surface area contributed by atoms with Crippen molar-refractivity contribution in [3.8, 4) is 5.75 Å². The number of nitrogens with zero attached hydrogens (tertiary/aromatic N) is 2. The summed E-state index contributed by atoms with van der Waals surface area (Å²) in [6.45, 7) is 11.6. The predicted octanol–water partition coefficient (Wildman–Crippen LogP) is 4.64. The van der Waals surface area contributed by atoms with E-state index in [2.05, 4.69) is 10.6 Å². The van der Waals surface area contributed by atoms with Crippen molar-refractivity contribution in [1.29, 1.82) is 0 Å². The highest BCUT2D eigenvalue weighted by Crippen LogP contribution is 2.29. The van der Waals surface area contributed by atoms with Crippen molar-refractivity contribution in [1.82, 2.24) is 14.5 Å². The Morgan fingerprint density at radius 3 is 2.44 bits per heavy atom. The standard InChI is InChI=1S/C33H50N4O7S/c1-22(2)34-33(40)35-27-13-16-30-29(18-27)32(39)37(25(5)21-38)19-24(4)31(43-17-9-8-10-26(6)44-30)20-36(7)45(41,42)28-14-11-23(3)12-15-28/h11-16,18,22,24-26,31,38H,8-10,17,19-21H2,1-7H3,(H2,34,35,40)/t24-,25+,26+,31+/m1/s1. The van der Waals surface area contributed by atoms with E-state index in [1.165, 1.54) is 11.4 Å². The third-order valence-electron chi connectivity index (χ3n) is 7.90. The number of anilines is 1. The summed E-state index contributed by atoms with van der Waals surface area (Å²) in [7, 11) is -2.24. The van der Waals surface area contributed by atoms with Crippen LogP contribution < -0.4 is 15.4 Å². The highest BCUT2D eigenvalue weighted by molar-refractivity contribution is 7.89. The van der Waals surface area contributed by atoms with E-state index in [1.54, 1.807) is 54.3 Å². The van der Waals surface area contributed by atoms with Gasteiger partial charge in [0, 0.05) is 44.4 Å². The number of likely N-dealkylation sites (N-methyl/N-ethyl adjacent to an activating group) is 1. The normalized spacial score (nSPS) is 21.1. The predicted molar refractivity (Wildman–Crippen MR) is 175 cm³/mol. The molecule has 12 heteroatoms. The number of hydrogen-bond donors (Lipinski definition) is 3. The topological polar surface area (TPSA) is 138 Å². The molecule has 0 saturated heterocycles. The van der Waals surface area contributed by atoms with Crippen LogP contribution in [0.2, 0.25) is 0 Å². The smallest absolute Gasteiger partial charge is 0.319 e. The monoisotopic (exact) mass is 646 g/mol. The maximum absolute atomic E-state index is 14.2. The molecule has 0 fully saturated rings. The molecule has 45 heavy (non-hydrogen) atoms. The Balaban J connectivity index is 1.96. The first kappa shape index (κ1) is 36.3. The molecule has 0 spiro atoms. The van der Waals surface area contributed by atoms with Gasteiger partial charge in [0.25, 0.3) is 5.91 Å². The summed E-state index contributed by atoms with van der Waals surface area (Å²) < 4.78 is 40.7. The fourth-order valence-electron chi connectivity index (χ4n) is 5.13. The van der Waals surface area contributed by atoms with Crippen molar-refractivity contribution < 1.29 is 32.6 Å². The van der Waals surface area contributed by atoms with E-state index in [9.17, 15) is 23.1 Å². The van der Waals surface area contributed by atoms with Crippen LogP contribution in [0.25, 0.3) is 0 Å². The number of nitrogens with one attached hydrogen (secondary N) is 2. The van der Waals surface area contributed by atoms with Crippen molar-refractivity contribution >= 4 is 27.6 Å². The first-order valence-electron chi connectivity index (χ1n) is 15.7. The van der Waals surface area contributed by atoms with E-state index in [-0.39, 0.29) is 54.1 Å². The minimum Gasteiger partial charge on any atom is -0.490 e. The van der Waals surface area contributed by atoms with Crippen LogP contribution in [0.1, 0.15) is 69.8 Å². The lowest BCUT2D eigenvalue weighted by atomic mass is 10.0. The Labute approximate surface area is 268 Å². The second kappa shape index (κ2) is 16.4. The van der Waals surface area contributed by atoms with Gasteiger partial charge in [-0.25, -0.2) is 13.2 Å². The van der Waals surface area contributed by atoms with E-state index in [0.717, 1.165) is 18.4 Å². The molecule has 2 aromatic carbocycles. The SMILES string of the molecule is Cc1ccc(S(=O)(=O)N(C)C[C@@H]2OCCCC[C@H](C)Oc3ccc(NC(=O)NC(C)C)cc3C(=O)N([C@@H](C)CO)C[C@H]2C)cc1. The molecule has 0 aromatic heterocycles. The van der Waals surface area contributed by atoms with Gasteiger partial charge in [-0.05, 0) is 84.2 Å². The average molecular weight is 647 g/mol. The number of aliphatic hydroxyl groups excluding tert-OH is 1. The zero-order chi connectivity index (χ0) is 33.3. The number of carbonyl (C=O) groups is 2. The fraction of sp³-hybridized carbons (Fsp3) is 0.576. The van der Waals surface area contributed by atoms with Crippen LogP contribution in [0, 0.1) is 12.8 Å². The lowest BCUT2D eigenvalue weighted by molar-refractivity contribution is -0.00833. The molecule has 0 bridgehead atoms. The second-order valence-electron chi connectivity index (χ2n) is 12.4. The highest BCUT2D eigenvalue weighted by atomic mass is 32.2. The Morgan fingerprint density at radius 1 is 1.11 bits per heavy atom. The number of urea groups is 1. The molecule has 3 N–H and O–H groups in total. The molecular weight excluding hydrogens is 596 g/mol. The average Bonchev–Trinajstić information content (AvgIpc) is 2.98. The molecule has 0 aliphatic carbocycles. The largest absolute Gasteiger partial charge is 0.490 e. The van der Waals surface area contributed by atoms with Gasteiger partial charge >= 0.3 is 6.03 Å². The zero-order valence-electron chi connectivity index (χ0n) is 27.6. The van der Waals surface area contributed by atoms with Crippen LogP contribution in [-0.2, 0) is 14.8 Å². The van der Waals surface area contributed by atoms with Crippen LogP contribution >= 0.6 is 0 Å². The summed E-state index contributed by atoms with van der Waals surface area (Å²) in [6, 6.07) is 10.7. The molecule has 0 radical (unpaired) electrons. The number of aryl methyl sites for hydroxylation is 1. The molecule has 250 valence electrons. The number of fused-ring (bicyclic) bond motifs is 1. The quantitative estimate of drug-likeness (QED) is 0.380. The second-order valence-corrected chi connectivity index (χ2v) is 14.4. The van der Waals surface area contributed by atoms with Gasteiger partial charge in [0.05, 0.1) is 35.3 Å². The first-order chi connectivity index (χ1) is 21.2. The van der Waals surface area contributed by atoms with Gasteiger partial charge < -0.3 is 30.1 Å². The van der Waals surface area contributed by atoms with Crippen LogP contribution in [0.4, 0.5) is 10.5 Å². The Morgan fingerprint density at radius 2 is 1.80 bits per heavy atom. The van der Waals surface area contributed by atoms with E-state index in [0.29, 0.717) is 24.5 Å². The summed E-state index contributed by atoms with van der Waals surface area (Å²) >= 11 is 0. The number of hydrogen-bond acceptors (Lipinski definition) is 7. The number of carbonyl (C=O) groups excluding carboxylic acids is 2. The lowest BCUT2D eigenvalue weighted by Gasteiger charge is -2.35. The summed E-state index contributed by atoms with van der Waals surface area (Å²) in [5.41, 5.74) is 1.64. The van der Waals surface area contributed by atoms with E-state index >= 15 is 0 Å². The van der Waals surface area contributed by atoms with Crippen LogP contribution in [-0.4, -0.2) is 92.3 Å². The molecule has 1 heterocycles. The van der Waals surface area contributed by atoms with Crippen molar-refractivity contribution in [3.05, 3.63) is 53.6 Å². The maximum atomic E-state index is 14.2. The van der Waals surface area contributed by atoms with Crippen LogP contribution in [0.5, 0.6) is 5.75 Å². The van der Waals surface area contributed by atoms with Crippen molar-refractivity contribution in [2.24, 2.45) is 5.92 Å². The molecule has 1 aliphatic heterocycles. The van der Waals surface area contributed by atoms with Gasteiger partial charge in [0.15, 0.2) is 0 Å². The molecule has 2 aromatic rings. The van der Waals surface area contributed by atoms with Gasteiger partial charge in [-0.1, -0.05) is 24.6 Å². The molecule has 3 amide bonds. The van der Waals surface area contributed by atoms with Crippen LogP contribution in [0.15, 0.2) is 47.4 Å². The number of amides is 3. The summed E-state index contributed by atoms with van der Waals surface area (Å²) in [5, 5.41) is 15.7. The molecule has 0 saturated carbocycles. The molecule has 11 nitrogen and oxygen atoms in total. The molecule has 1 aliphatic rings. The number of sulfonamides is 1. The molecule has 0 unspecified atom stereocenters. The number of aliphatic hydroxyl groups is 1. The van der Waals surface area contributed by atoms with Crippen LogP contribution in [0.3, 0.4) is 0 Å². The highest BCUT2D eigenvalue weighted by Gasteiger charge is 2.32.